The molecule has 5 rings (SSSR count). The number of aliphatic hydroxyl groups excluding tert-OH is 2. The lowest BCUT2D eigenvalue weighted by atomic mass is 9.79. The molecule has 2 aliphatic heterocycles. The Morgan fingerprint density at radius 2 is 1.09 bits per heavy atom. The Bertz CT molecular complexity index is 1250. The number of fused-ring (bicyclic) bond motifs is 2. The molecular formula is C27H19BrO4. The largest absolute Gasteiger partial charge is 0.507 e. The molecule has 3 aromatic rings. The van der Waals surface area contributed by atoms with Crippen molar-refractivity contribution < 1.29 is 19.7 Å². The highest BCUT2D eigenvalue weighted by molar-refractivity contribution is 9.10. The highest BCUT2D eigenvalue weighted by atomic mass is 79.9. The lowest BCUT2D eigenvalue weighted by Crippen LogP contribution is -2.21. The molecule has 0 aromatic heterocycles. The Balaban J connectivity index is 1.80. The maximum Gasteiger partial charge on any atom is 0.138 e. The molecular weight excluding hydrogens is 468 g/mol. The standard InChI is InChI=1S/C27H19BrO4/c1-15-23(26(29)19-7-3-5-9-21(19)31-15)25(17-11-13-18(28)14-12-17)24-16(2)32-22-10-6-4-8-20(22)27(24)30/h3-14,25,29-30H,1-2H2. The molecule has 0 radical (unpaired) electrons. The van der Waals surface area contributed by atoms with E-state index in [1.165, 1.54) is 0 Å². The van der Waals surface area contributed by atoms with Gasteiger partial charge in [-0.15, -0.1) is 0 Å². The van der Waals surface area contributed by atoms with Gasteiger partial charge in [0, 0.05) is 21.5 Å². The third-order valence-corrected chi connectivity index (χ3v) is 6.17. The van der Waals surface area contributed by atoms with E-state index < -0.39 is 5.92 Å². The van der Waals surface area contributed by atoms with Crippen LogP contribution < -0.4 is 9.47 Å². The van der Waals surface area contributed by atoms with Crippen LogP contribution in [0, 0.1) is 0 Å². The maximum absolute atomic E-state index is 11.3. The zero-order chi connectivity index (χ0) is 22.4. The van der Waals surface area contributed by atoms with E-state index in [4.69, 9.17) is 9.47 Å². The van der Waals surface area contributed by atoms with Crippen molar-refractivity contribution in [3.05, 3.63) is 130 Å². The van der Waals surface area contributed by atoms with Crippen LogP contribution in [-0.4, -0.2) is 10.2 Å². The molecule has 2 N–H and O–H groups in total. The van der Waals surface area contributed by atoms with E-state index in [9.17, 15) is 10.2 Å². The van der Waals surface area contributed by atoms with Crippen LogP contribution in [0.1, 0.15) is 22.6 Å². The number of benzene rings is 3. The van der Waals surface area contributed by atoms with Crippen molar-refractivity contribution in [1.82, 2.24) is 0 Å². The first kappa shape index (κ1) is 20.2. The summed E-state index contributed by atoms with van der Waals surface area (Å²) >= 11 is 3.47. The van der Waals surface area contributed by atoms with Crippen LogP contribution in [0.5, 0.6) is 11.5 Å². The fourth-order valence-electron chi connectivity index (χ4n) is 4.16. The summed E-state index contributed by atoms with van der Waals surface area (Å²) in [5.74, 6) is 1.08. The summed E-state index contributed by atoms with van der Waals surface area (Å²) in [5, 5.41) is 22.7. The first-order valence-electron chi connectivity index (χ1n) is 10.0. The van der Waals surface area contributed by atoms with Crippen molar-refractivity contribution in [3.63, 3.8) is 0 Å². The number of halogens is 1. The maximum atomic E-state index is 11.3. The second-order valence-electron chi connectivity index (χ2n) is 7.55. The normalized spacial score (nSPS) is 15.3. The van der Waals surface area contributed by atoms with Gasteiger partial charge in [0.2, 0.25) is 0 Å². The van der Waals surface area contributed by atoms with Gasteiger partial charge in [-0.2, -0.15) is 0 Å². The van der Waals surface area contributed by atoms with Gasteiger partial charge in [-0.1, -0.05) is 65.5 Å². The number of rotatable bonds is 3. The molecule has 3 aromatic carbocycles. The van der Waals surface area contributed by atoms with Crippen LogP contribution >= 0.6 is 15.9 Å². The average Bonchev–Trinajstić information content (AvgIpc) is 2.78. The second kappa shape index (κ2) is 7.77. The molecule has 0 fully saturated rings. The summed E-state index contributed by atoms with van der Waals surface area (Å²) in [6.07, 6.45) is 0. The third-order valence-electron chi connectivity index (χ3n) is 5.64. The van der Waals surface area contributed by atoms with Crippen LogP contribution in [0.25, 0.3) is 11.5 Å². The molecule has 0 amide bonds. The van der Waals surface area contributed by atoms with Gasteiger partial charge in [-0.25, -0.2) is 0 Å². The van der Waals surface area contributed by atoms with Crippen LogP contribution in [0.3, 0.4) is 0 Å². The van der Waals surface area contributed by atoms with Crippen molar-refractivity contribution in [2.45, 2.75) is 5.92 Å². The number of para-hydroxylation sites is 2. The Morgan fingerprint density at radius 3 is 1.56 bits per heavy atom. The molecule has 0 spiro atoms. The van der Waals surface area contributed by atoms with E-state index in [2.05, 4.69) is 29.1 Å². The summed E-state index contributed by atoms with van der Waals surface area (Å²) in [6, 6.07) is 22.1. The van der Waals surface area contributed by atoms with Gasteiger partial charge in [0.15, 0.2) is 0 Å². The SMILES string of the molecule is C=C1Oc2ccccc2C(O)=C1C(C1=C(O)c2ccccc2OC1=C)c1ccc(Br)cc1. The van der Waals surface area contributed by atoms with Crippen molar-refractivity contribution in [1.29, 1.82) is 0 Å². The van der Waals surface area contributed by atoms with E-state index in [1.54, 1.807) is 24.3 Å². The predicted molar refractivity (Wildman–Crippen MR) is 128 cm³/mol. The monoisotopic (exact) mass is 486 g/mol. The molecule has 5 heteroatoms. The van der Waals surface area contributed by atoms with Gasteiger partial charge in [0.1, 0.15) is 34.5 Å². The van der Waals surface area contributed by atoms with Gasteiger partial charge in [-0.3, -0.25) is 0 Å². The molecule has 0 aliphatic carbocycles. The molecule has 0 unspecified atom stereocenters. The molecule has 2 aliphatic rings. The smallest absolute Gasteiger partial charge is 0.138 e. The topological polar surface area (TPSA) is 58.9 Å². The fourth-order valence-corrected chi connectivity index (χ4v) is 4.42. The van der Waals surface area contributed by atoms with Gasteiger partial charge in [0.05, 0.1) is 11.1 Å². The minimum atomic E-state index is -0.634. The third kappa shape index (κ3) is 3.22. The zero-order valence-corrected chi connectivity index (χ0v) is 18.6. The van der Waals surface area contributed by atoms with E-state index in [1.807, 2.05) is 48.5 Å². The molecule has 0 bridgehead atoms. The zero-order valence-electron chi connectivity index (χ0n) is 17.0. The minimum absolute atomic E-state index is 0.0386. The van der Waals surface area contributed by atoms with Crippen molar-refractivity contribution in [2.24, 2.45) is 0 Å². The highest BCUT2D eigenvalue weighted by Gasteiger charge is 2.37. The summed E-state index contributed by atoms with van der Waals surface area (Å²) < 4.78 is 12.9. The molecule has 32 heavy (non-hydrogen) atoms. The van der Waals surface area contributed by atoms with E-state index >= 15 is 0 Å². The second-order valence-corrected chi connectivity index (χ2v) is 8.47. The Kier molecular flexibility index (Phi) is 4.91. The van der Waals surface area contributed by atoms with Crippen LogP contribution in [-0.2, 0) is 0 Å². The van der Waals surface area contributed by atoms with E-state index in [-0.39, 0.29) is 11.5 Å². The summed E-state index contributed by atoms with van der Waals surface area (Å²) in [4.78, 5) is 0. The summed E-state index contributed by atoms with van der Waals surface area (Å²) in [7, 11) is 0. The molecule has 0 saturated heterocycles. The Labute approximate surface area is 194 Å². The van der Waals surface area contributed by atoms with Crippen molar-refractivity contribution in [3.8, 4) is 11.5 Å². The highest BCUT2D eigenvalue weighted by Crippen LogP contribution is 2.50. The lowest BCUT2D eigenvalue weighted by Gasteiger charge is -2.32. The van der Waals surface area contributed by atoms with Crippen LogP contribution in [0.2, 0.25) is 0 Å². The quantitative estimate of drug-likeness (QED) is 0.408. The summed E-state index contributed by atoms with van der Waals surface area (Å²) in [6.45, 7) is 8.15. The number of aliphatic hydroxyl groups is 2. The Morgan fingerprint density at radius 1 is 0.656 bits per heavy atom. The van der Waals surface area contributed by atoms with Crippen molar-refractivity contribution in [2.75, 3.05) is 0 Å². The average molecular weight is 487 g/mol. The molecule has 0 saturated carbocycles. The van der Waals surface area contributed by atoms with Gasteiger partial charge >= 0.3 is 0 Å². The minimum Gasteiger partial charge on any atom is -0.507 e. The first-order chi connectivity index (χ1) is 15.5. The Hall–Kier alpha value is -3.70. The van der Waals surface area contributed by atoms with Crippen LogP contribution in [0.4, 0.5) is 0 Å². The predicted octanol–water partition coefficient (Wildman–Crippen LogP) is 7.28. The molecule has 158 valence electrons. The molecule has 2 heterocycles. The van der Waals surface area contributed by atoms with E-state index in [0.717, 1.165) is 10.0 Å². The molecule has 0 atom stereocenters. The lowest BCUT2D eigenvalue weighted by molar-refractivity contribution is 0.387. The fraction of sp³-hybridized carbons (Fsp3) is 0.0370. The van der Waals surface area contributed by atoms with Gasteiger partial charge in [0.25, 0.3) is 0 Å². The number of hydrogen-bond acceptors (Lipinski definition) is 4. The number of allylic oxidation sites excluding steroid dienone is 2. The van der Waals surface area contributed by atoms with Gasteiger partial charge in [-0.05, 0) is 42.0 Å². The van der Waals surface area contributed by atoms with Crippen LogP contribution in [0.15, 0.2) is 113 Å². The van der Waals surface area contributed by atoms with Gasteiger partial charge < -0.3 is 19.7 Å². The van der Waals surface area contributed by atoms with E-state index in [0.29, 0.717) is 45.3 Å². The molecule has 4 nitrogen and oxygen atoms in total. The number of hydrogen-bond donors (Lipinski definition) is 2. The van der Waals surface area contributed by atoms with Crippen molar-refractivity contribution >= 4 is 27.4 Å². The first-order valence-corrected chi connectivity index (χ1v) is 10.8. The number of ether oxygens (including phenoxy) is 2. The summed E-state index contributed by atoms with van der Waals surface area (Å²) in [5.41, 5.74) is 2.80.